The number of allylic oxidation sites excluding steroid dienone is 2. The molecule has 200 valence electrons. The molecule has 0 unspecified atom stereocenters. The molecule has 0 spiro atoms. The second-order valence-electron chi connectivity index (χ2n) is 10.2. The Morgan fingerprint density at radius 1 is 1.18 bits per heavy atom. The minimum Gasteiger partial charge on any atom is -0.370 e. The van der Waals surface area contributed by atoms with Crippen molar-refractivity contribution in [2.75, 3.05) is 18.9 Å². The number of H-pyrrole nitrogens is 1. The van der Waals surface area contributed by atoms with E-state index in [0.717, 1.165) is 31.5 Å². The highest BCUT2D eigenvalue weighted by atomic mass is 16.2. The van der Waals surface area contributed by atoms with E-state index in [-0.39, 0.29) is 17.9 Å². The van der Waals surface area contributed by atoms with Crippen LogP contribution in [0.1, 0.15) is 63.0 Å². The molecule has 2 aliphatic carbocycles. The minimum absolute atomic E-state index is 0.0877. The summed E-state index contributed by atoms with van der Waals surface area (Å²) in [5.74, 6) is 2.68. The number of nitrogens with one attached hydrogen (secondary N) is 3. The van der Waals surface area contributed by atoms with E-state index in [9.17, 15) is 4.79 Å². The van der Waals surface area contributed by atoms with Gasteiger partial charge in [-0.3, -0.25) is 15.2 Å². The molecule has 5 N–H and O–H groups in total. The number of carbonyl (C=O) groups excluding carboxylic acids is 1. The van der Waals surface area contributed by atoms with Crippen LogP contribution in [0.5, 0.6) is 0 Å². The van der Waals surface area contributed by atoms with E-state index < -0.39 is 0 Å². The predicted octanol–water partition coefficient (Wildman–Crippen LogP) is 3.68. The molecule has 0 saturated heterocycles. The van der Waals surface area contributed by atoms with Crippen LogP contribution in [-0.2, 0) is 4.79 Å². The van der Waals surface area contributed by atoms with E-state index in [0.29, 0.717) is 35.8 Å². The molecule has 2 aromatic heterocycles. The molecule has 0 bridgehead atoms. The van der Waals surface area contributed by atoms with Crippen molar-refractivity contribution in [1.29, 1.82) is 0 Å². The topological polar surface area (TPSA) is 150 Å². The Labute approximate surface area is 222 Å². The maximum absolute atomic E-state index is 12.5. The Morgan fingerprint density at radius 3 is 2.79 bits per heavy atom. The smallest absolute Gasteiger partial charge is 0.274 e. The van der Waals surface area contributed by atoms with Gasteiger partial charge in [0.2, 0.25) is 0 Å². The molecular formula is C27H36N10O. The third-order valence-corrected chi connectivity index (χ3v) is 7.41. The number of amides is 1. The summed E-state index contributed by atoms with van der Waals surface area (Å²) in [4.78, 5) is 32.2. The van der Waals surface area contributed by atoms with Gasteiger partial charge in [0.1, 0.15) is 11.5 Å². The second-order valence-corrected chi connectivity index (χ2v) is 10.2. The standard InChI is InChI=1S/C27H36N10O/c1-37-15-5-4-8-22(37)25(38)34-26(28)31-20-11-9-18(10-12-20)17-30-27-29-14-13-23(33-27)32-24-16-21(35-36-24)19-6-2-3-7-19/h4-5,8,13-14,16-20H,2-3,6-7,9-12,15H2,1H3,(H3,28,31,34,38)(H2,29,32,33,35,36)/b30-17+. The van der Waals surface area contributed by atoms with Crippen LogP contribution in [0.4, 0.5) is 17.6 Å². The number of carbonyl (C=O) groups is 1. The van der Waals surface area contributed by atoms with Gasteiger partial charge in [0.05, 0.1) is 6.04 Å². The Hall–Kier alpha value is -4.02. The van der Waals surface area contributed by atoms with E-state index in [4.69, 9.17) is 5.73 Å². The van der Waals surface area contributed by atoms with E-state index >= 15 is 0 Å². The third-order valence-electron chi connectivity index (χ3n) is 7.41. The van der Waals surface area contributed by atoms with Crippen LogP contribution in [0.3, 0.4) is 0 Å². The normalized spacial score (nSPS) is 22.6. The van der Waals surface area contributed by atoms with Gasteiger partial charge in [-0.2, -0.15) is 10.1 Å². The summed E-state index contributed by atoms with van der Waals surface area (Å²) in [6.07, 6.45) is 17.9. The fourth-order valence-corrected chi connectivity index (χ4v) is 5.27. The maximum Gasteiger partial charge on any atom is 0.274 e. The first kappa shape index (κ1) is 25.6. The van der Waals surface area contributed by atoms with E-state index in [2.05, 4.69) is 46.9 Å². The number of hydrogen-bond acceptors (Lipinski definition) is 8. The van der Waals surface area contributed by atoms with Gasteiger partial charge in [-0.15, -0.1) is 0 Å². The number of aromatic nitrogens is 4. The monoisotopic (exact) mass is 516 g/mol. The quantitative estimate of drug-likeness (QED) is 0.324. The number of aliphatic imine (C=N–C) groups is 2. The van der Waals surface area contributed by atoms with Gasteiger partial charge in [-0.25, -0.2) is 15.0 Å². The first-order valence-electron chi connectivity index (χ1n) is 13.5. The lowest BCUT2D eigenvalue weighted by molar-refractivity contribution is -0.117. The Balaban J connectivity index is 1.09. The second kappa shape index (κ2) is 12.0. The molecule has 2 fully saturated rings. The molecule has 2 saturated carbocycles. The van der Waals surface area contributed by atoms with Gasteiger partial charge in [-0.05, 0) is 56.6 Å². The van der Waals surface area contributed by atoms with Crippen LogP contribution in [-0.4, -0.2) is 62.8 Å². The fourth-order valence-electron chi connectivity index (χ4n) is 5.27. The lowest BCUT2D eigenvalue weighted by Crippen LogP contribution is -2.42. The van der Waals surface area contributed by atoms with Gasteiger partial charge < -0.3 is 16.0 Å². The van der Waals surface area contributed by atoms with Crippen molar-refractivity contribution in [2.45, 2.75) is 63.3 Å². The van der Waals surface area contributed by atoms with Gasteiger partial charge in [0, 0.05) is 43.7 Å². The minimum atomic E-state index is -0.239. The zero-order valence-electron chi connectivity index (χ0n) is 21.8. The van der Waals surface area contributed by atoms with Crippen LogP contribution >= 0.6 is 0 Å². The Morgan fingerprint density at radius 2 is 2.00 bits per heavy atom. The van der Waals surface area contributed by atoms with Crippen molar-refractivity contribution < 1.29 is 4.79 Å². The third kappa shape index (κ3) is 6.64. The number of rotatable bonds is 7. The summed E-state index contributed by atoms with van der Waals surface area (Å²) < 4.78 is 0. The molecule has 0 radical (unpaired) electrons. The predicted molar refractivity (Wildman–Crippen MR) is 149 cm³/mol. The summed E-state index contributed by atoms with van der Waals surface area (Å²) in [5, 5.41) is 13.5. The lowest BCUT2D eigenvalue weighted by Gasteiger charge is -2.24. The molecule has 0 atom stereocenters. The largest absolute Gasteiger partial charge is 0.370 e. The van der Waals surface area contributed by atoms with Crippen LogP contribution in [0.25, 0.3) is 0 Å². The molecule has 3 heterocycles. The van der Waals surface area contributed by atoms with Crippen molar-refractivity contribution in [3.8, 4) is 0 Å². The van der Waals surface area contributed by atoms with Crippen molar-refractivity contribution in [3.63, 3.8) is 0 Å². The Kier molecular flexibility index (Phi) is 8.10. The summed E-state index contributed by atoms with van der Waals surface area (Å²) in [7, 11) is 1.87. The number of anilines is 2. The van der Waals surface area contributed by atoms with Gasteiger partial charge in [-0.1, -0.05) is 25.0 Å². The van der Waals surface area contributed by atoms with Crippen molar-refractivity contribution in [1.82, 2.24) is 30.4 Å². The van der Waals surface area contributed by atoms with Crippen molar-refractivity contribution in [3.05, 3.63) is 47.9 Å². The number of aromatic amines is 1. The maximum atomic E-state index is 12.5. The Bertz CT molecular complexity index is 1230. The SMILES string of the molecule is CN1CC=CC=C1C(=O)NC(N)=NC1CCC(/C=N/c2nccc(Nc3cc(C4CCCC4)[nH]n3)n2)CC1. The van der Waals surface area contributed by atoms with E-state index in [1.165, 1.54) is 31.4 Å². The summed E-state index contributed by atoms with van der Waals surface area (Å²) in [5.41, 5.74) is 7.79. The number of nitrogens with two attached hydrogens (primary N) is 1. The molecule has 1 aliphatic heterocycles. The summed E-state index contributed by atoms with van der Waals surface area (Å²) in [6, 6.07) is 3.97. The van der Waals surface area contributed by atoms with Crippen LogP contribution < -0.4 is 16.4 Å². The zero-order chi connectivity index (χ0) is 26.3. The summed E-state index contributed by atoms with van der Waals surface area (Å²) >= 11 is 0. The highest BCUT2D eigenvalue weighted by Crippen LogP contribution is 2.34. The molecule has 3 aliphatic rings. The highest BCUT2D eigenvalue weighted by molar-refractivity contribution is 6.04. The molecule has 11 nitrogen and oxygen atoms in total. The van der Waals surface area contributed by atoms with Gasteiger partial charge in [0.15, 0.2) is 11.8 Å². The number of likely N-dealkylation sites (N-methyl/N-ethyl adjacent to an activating group) is 1. The zero-order valence-corrected chi connectivity index (χ0v) is 21.8. The number of hydrogen-bond donors (Lipinski definition) is 4. The summed E-state index contributed by atoms with van der Waals surface area (Å²) in [6.45, 7) is 0.694. The first-order chi connectivity index (χ1) is 18.5. The van der Waals surface area contributed by atoms with Crippen LogP contribution in [0, 0.1) is 5.92 Å². The first-order valence-corrected chi connectivity index (χ1v) is 13.5. The van der Waals surface area contributed by atoms with Gasteiger partial charge >= 0.3 is 0 Å². The van der Waals surface area contributed by atoms with Crippen molar-refractivity contribution in [2.24, 2.45) is 21.6 Å². The van der Waals surface area contributed by atoms with E-state index in [1.54, 1.807) is 12.3 Å². The van der Waals surface area contributed by atoms with Crippen molar-refractivity contribution >= 4 is 35.7 Å². The average Bonchev–Trinajstić information content (AvgIpc) is 3.61. The molecular weight excluding hydrogens is 480 g/mol. The lowest BCUT2D eigenvalue weighted by atomic mass is 9.87. The van der Waals surface area contributed by atoms with E-state index in [1.807, 2.05) is 36.4 Å². The molecule has 1 amide bonds. The highest BCUT2D eigenvalue weighted by Gasteiger charge is 2.22. The molecule has 5 rings (SSSR count). The van der Waals surface area contributed by atoms with Crippen LogP contribution in [0.2, 0.25) is 0 Å². The molecule has 0 aromatic carbocycles. The molecule has 38 heavy (non-hydrogen) atoms. The molecule has 2 aromatic rings. The number of guanidine groups is 1. The van der Waals surface area contributed by atoms with Gasteiger partial charge in [0.25, 0.3) is 11.9 Å². The molecule has 11 heteroatoms. The van der Waals surface area contributed by atoms with Crippen LogP contribution in [0.15, 0.2) is 52.2 Å². The number of nitrogens with zero attached hydrogens (tertiary/aromatic N) is 6. The average molecular weight is 517 g/mol. The fraction of sp³-hybridized carbons (Fsp3) is 0.481.